The van der Waals surface area contributed by atoms with Gasteiger partial charge in [-0.1, -0.05) is 26.3 Å². The predicted octanol–water partition coefficient (Wildman–Crippen LogP) is 1.86. The lowest BCUT2D eigenvalue weighted by molar-refractivity contribution is 0.0791. The Labute approximate surface area is 181 Å². The summed E-state index contributed by atoms with van der Waals surface area (Å²) in [6.45, 7) is 10.1. The SMILES string of the molecule is CC(C)C(CNC(=O)c1cccc(S(=O)(=O)N2CCCCC2)c1)N1CCN(C)CC1. The minimum absolute atomic E-state index is 0.205. The molecule has 2 heterocycles. The summed E-state index contributed by atoms with van der Waals surface area (Å²) in [6.07, 6.45) is 2.85. The van der Waals surface area contributed by atoms with Gasteiger partial charge in [0, 0.05) is 57.4 Å². The predicted molar refractivity (Wildman–Crippen MR) is 119 cm³/mol. The molecule has 3 rings (SSSR count). The smallest absolute Gasteiger partial charge is 0.251 e. The minimum Gasteiger partial charge on any atom is -0.350 e. The maximum atomic E-state index is 12.9. The molecule has 2 aliphatic rings. The summed E-state index contributed by atoms with van der Waals surface area (Å²) in [5.41, 5.74) is 0.397. The van der Waals surface area contributed by atoms with E-state index in [1.165, 1.54) is 10.4 Å². The zero-order valence-electron chi connectivity index (χ0n) is 18.5. The number of piperidine rings is 1. The lowest BCUT2D eigenvalue weighted by Crippen LogP contribution is -2.54. The first-order chi connectivity index (χ1) is 14.3. The summed E-state index contributed by atoms with van der Waals surface area (Å²) in [6, 6.07) is 6.71. The van der Waals surface area contributed by atoms with Gasteiger partial charge in [-0.3, -0.25) is 9.69 Å². The Hall–Kier alpha value is -1.48. The second-order valence-electron chi connectivity index (χ2n) is 8.85. The summed E-state index contributed by atoms with van der Waals surface area (Å²) in [5, 5.41) is 3.04. The molecule has 2 saturated heterocycles. The van der Waals surface area contributed by atoms with Crippen molar-refractivity contribution in [1.82, 2.24) is 19.4 Å². The van der Waals surface area contributed by atoms with Crippen LogP contribution in [0, 0.1) is 5.92 Å². The molecule has 2 aliphatic heterocycles. The molecule has 30 heavy (non-hydrogen) atoms. The van der Waals surface area contributed by atoms with E-state index in [1.807, 2.05) is 0 Å². The minimum atomic E-state index is -3.54. The Morgan fingerprint density at radius 2 is 1.70 bits per heavy atom. The zero-order chi connectivity index (χ0) is 21.7. The number of piperazine rings is 1. The molecule has 1 amide bonds. The molecule has 0 radical (unpaired) electrons. The highest BCUT2D eigenvalue weighted by atomic mass is 32.2. The van der Waals surface area contributed by atoms with Crippen LogP contribution < -0.4 is 5.32 Å². The molecular weight excluding hydrogens is 400 g/mol. The van der Waals surface area contributed by atoms with E-state index in [4.69, 9.17) is 0 Å². The molecule has 1 aromatic carbocycles. The molecule has 2 fully saturated rings. The lowest BCUT2D eigenvalue weighted by Gasteiger charge is -2.39. The Kier molecular flexibility index (Phi) is 7.90. The van der Waals surface area contributed by atoms with Crippen LogP contribution in [0.4, 0.5) is 0 Å². The summed E-state index contributed by atoms with van der Waals surface area (Å²) in [4.78, 5) is 17.8. The quantitative estimate of drug-likeness (QED) is 0.706. The third-order valence-electron chi connectivity index (χ3n) is 6.30. The van der Waals surface area contributed by atoms with Gasteiger partial charge in [0.05, 0.1) is 4.90 Å². The number of benzene rings is 1. The van der Waals surface area contributed by atoms with E-state index in [0.717, 1.165) is 45.4 Å². The molecule has 0 aromatic heterocycles. The summed E-state index contributed by atoms with van der Waals surface area (Å²) in [5.74, 6) is 0.199. The number of likely N-dealkylation sites (N-methyl/N-ethyl adjacent to an activating group) is 1. The number of carbonyl (C=O) groups excluding carboxylic acids is 1. The number of hydrogen-bond acceptors (Lipinski definition) is 5. The van der Waals surface area contributed by atoms with Crippen molar-refractivity contribution in [2.45, 2.75) is 44.0 Å². The van der Waals surface area contributed by atoms with E-state index in [2.05, 4.69) is 36.0 Å². The lowest BCUT2D eigenvalue weighted by atomic mass is 10.0. The highest BCUT2D eigenvalue weighted by Gasteiger charge is 2.28. The van der Waals surface area contributed by atoms with Gasteiger partial charge in [-0.05, 0) is 44.0 Å². The van der Waals surface area contributed by atoms with Crippen LogP contribution in [0.3, 0.4) is 0 Å². The maximum absolute atomic E-state index is 12.9. The molecule has 1 unspecified atom stereocenters. The van der Waals surface area contributed by atoms with Crippen molar-refractivity contribution < 1.29 is 13.2 Å². The van der Waals surface area contributed by atoms with E-state index in [1.54, 1.807) is 18.2 Å². The first-order valence-corrected chi connectivity index (χ1v) is 12.5. The van der Waals surface area contributed by atoms with Crippen molar-refractivity contribution in [3.63, 3.8) is 0 Å². The third-order valence-corrected chi connectivity index (χ3v) is 8.19. The van der Waals surface area contributed by atoms with Crippen LogP contribution in [0.15, 0.2) is 29.2 Å². The molecule has 1 atom stereocenters. The first-order valence-electron chi connectivity index (χ1n) is 11.1. The molecule has 168 valence electrons. The van der Waals surface area contributed by atoms with E-state index >= 15 is 0 Å². The van der Waals surface area contributed by atoms with Gasteiger partial charge in [0.2, 0.25) is 10.0 Å². The number of sulfonamides is 1. The Morgan fingerprint density at radius 3 is 2.33 bits per heavy atom. The highest BCUT2D eigenvalue weighted by molar-refractivity contribution is 7.89. The van der Waals surface area contributed by atoms with Gasteiger partial charge in [0.25, 0.3) is 5.91 Å². The second kappa shape index (κ2) is 10.2. The van der Waals surface area contributed by atoms with E-state index in [9.17, 15) is 13.2 Å². The van der Waals surface area contributed by atoms with Gasteiger partial charge >= 0.3 is 0 Å². The van der Waals surface area contributed by atoms with Gasteiger partial charge in [-0.25, -0.2) is 8.42 Å². The number of amides is 1. The fraction of sp³-hybridized carbons (Fsp3) is 0.682. The molecule has 1 aromatic rings. The van der Waals surface area contributed by atoms with Crippen molar-refractivity contribution in [1.29, 1.82) is 0 Å². The van der Waals surface area contributed by atoms with Gasteiger partial charge in [0.1, 0.15) is 0 Å². The van der Waals surface area contributed by atoms with Crippen LogP contribution in [-0.2, 0) is 10.0 Å². The Morgan fingerprint density at radius 1 is 1.03 bits per heavy atom. The van der Waals surface area contributed by atoms with Gasteiger partial charge in [-0.15, -0.1) is 0 Å². The number of nitrogens with zero attached hydrogens (tertiary/aromatic N) is 3. The van der Waals surface area contributed by atoms with Crippen molar-refractivity contribution in [2.24, 2.45) is 5.92 Å². The molecule has 1 N–H and O–H groups in total. The molecule has 0 bridgehead atoms. The maximum Gasteiger partial charge on any atom is 0.251 e. The van der Waals surface area contributed by atoms with Crippen LogP contribution in [-0.4, -0.2) is 87.3 Å². The number of carbonyl (C=O) groups is 1. The number of rotatable bonds is 7. The molecule has 7 nitrogen and oxygen atoms in total. The van der Waals surface area contributed by atoms with E-state index in [-0.39, 0.29) is 16.8 Å². The largest absolute Gasteiger partial charge is 0.350 e. The van der Waals surface area contributed by atoms with Gasteiger partial charge in [0.15, 0.2) is 0 Å². The molecule has 0 spiro atoms. The van der Waals surface area contributed by atoms with Crippen molar-refractivity contribution in [3.8, 4) is 0 Å². The van der Waals surface area contributed by atoms with E-state index in [0.29, 0.717) is 31.1 Å². The van der Waals surface area contributed by atoms with Crippen molar-refractivity contribution in [3.05, 3.63) is 29.8 Å². The van der Waals surface area contributed by atoms with Crippen LogP contribution in [0.25, 0.3) is 0 Å². The van der Waals surface area contributed by atoms with Crippen molar-refractivity contribution in [2.75, 3.05) is 52.9 Å². The first kappa shape index (κ1) is 23.2. The highest BCUT2D eigenvalue weighted by Crippen LogP contribution is 2.21. The van der Waals surface area contributed by atoms with Gasteiger partial charge in [-0.2, -0.15) is 4.31 Å². The summed E-state index contributed by atoms with van der Waals surface area (Å²) < 4.78 is 27.4. The molecular formula is C22H36N4O3S. The Balaban J connectivity index is 1.65. The van der Waals surface area contributed by atoms with Crippen molar-refractivity contribution >= 4 is 15.9 Å². The normalized spacial score (nSPS) is 20.9. The fourth-order valence-electron chi connectivity index (χ4n) is 4.29. The Bertz CT molecular complexity index is 813. The van der Waals surface area contributed by atoms with E-state index < -0.39 is 10.0 Å². The second-order valence-corrected chi connectivity index (χ2v) is 10.8. The standard InChI is InChI=1S/C22H36N4O3S/c1-18(2)21(25-14-12-24(3)13-15-25)17-23-22(27)19-8-7-9-20(16-19)30(28,29)26-10-5-4-6-11-26/h7-9,16,18,21H,4-6,10-15,17H2,1-3H3,(H,23,27). The number of hydrogen-bond donors (Lipinski definition) is 1. The van der Waals surface area contributed by atoms with Crippen LogP contribution >= 0.6 is 0 Å². The van der Waals surface area contributed by atoms with Crippen LogP contribution in [0.5, 0.6) is 0 Å². The average Bonchev–Trinajstić information content (AvgIpc) is 2.75. The summed E-state index contributed by atoms with van der Waals surface area (Å²) >= 11 is 0. The summed E-state index contributed by atoms with van der Waals surface area (Å²) in [7, 11) is -1.41. The molecule has 0 aliphatic carbocycles. The van der Waals surface area contributed by atoms with Gasteiger partial charge < -0.3 is 10.2 Å². The molecule has 8 heteroatoms. The topological polar surface area (TPSA) is 73.0 Å². The fourth-order valence-corrected chi connectivity index (χ4v) is 5.85. The van der Waals surface area contributed by atoms with Crippen LogP contribution in [0.1, 0.15) is 43.5 Å². The molecule has 0 saturated carbocycles. The van der Waals surface area contributed by atoms with Crippen LogP contribution in [0.2, 0.25) is 0 Å². The average molecular weight is 437 g/mol. The third kappa shape index (κ3) is 5.60. The number of nitrogens with one attached hydrogen (secondary N) is 1. The zero-order valence-corrected chi connectivity index (χ0v) is 19.3. The monoisotopic (exact) mass is 436 g/mol.